The Hall–Kier alpha value is -2.17. The lowest BCUT2D eigenvalue weighted by Gasteiger charge is -2.09. The highest BCUT2D eigenvalue weighted by Crippen LogP contribution is 2.39. The standard InChI is InChI=1S/C10H10O5/c1-2-3-5-6(10(14)15)4-7(11)9(13)8(5)12/h2,4,11-13H,1,3H2,(H,14,15). The molecule has 0 unspecified atom stereocenters. The summed E-state index contributed by atoms with van der Waals surface area (Å²) in [7, 11) is 0. The summed E-state index contributed by atoms with van der Waals surface area (Å²) in [6.07, 6.45) is 1.47. The van der Waals surface area contributed by atoms with E-state index >= 15 is 0 Å². The summed E-state index contributed by atoms with van der Waals surface area (Å²) in [6.45, 7) is 3.40. The van der Waals surface area contributed by atoms with Crippen LogP contribution in [0.1, 0.15) is 15.9 Å². The first-order chi connectivity index (χ1) is 6.99. The molecule has 1 aromatic carbocycles. The first kappa shape index (κ1) is 10.9. The van der Waals surface area contributed by atoms with Crippen LogP contribution in [0, 0.1) is 0 Å². The van der Waals surface area contributed by atoms with Crippen LogP contribution in [0.15, 0.2) is 18.7 Å². The van der Waals surface area contributed by atoms with Gasteiger partial charge in [-0.25, -0.2) is 4.79 Å². The van der Waals surface area contributed by atoms with E-state index < -0.39 is 23.2 Å². The molecular formula is C10H10O5. The van der Waals surface area contributed by atoms with Gasteiger partial charge in [0.2, 0.25) is 5.75 Å². The highest BCUT2D eigenvalue weighted by molar-refractivity contribution is 5.91. The summed E-state index contributed by atoms with van der Waals surface area (Å²) in [5.41, 5.74) is -0.240. The molecule has 0 atom stereocenters. The molecule has 0 aliphatic carbocycles. The summed E-state index contributed by atoms with van der Waals surface area (Å²) >= 11 is 0. The van der Waals surface area contributed by atoms with Gasteiger partial charge in [-0.1, -0.05) is 6.08 Å². The molecule has 1 rings (SSSR count). The zero-order valence-electron chi connectivity index (χ0n) is 7.77. The van der Waals surface area contributed by atoms with Crippen LogP contribution in [0.3, 0.4) is 0 Å². The number of carboxylic acid groups (broad SMARTS) is 1. The van der Waals surface area contributed by atoms with Crippen LogP contribution in [0.4, 0.5) is 0 Å². The second kappa shape index (κ2) is 3.91. The van der Waals surface area contributed by atoms with E-state index in [9.17, 15) is 15.0 Å². The fourth-order valence-electron chi connectivity index (χ4n) is 1.23. The molecule has 0 heterocycles. The minimum absolute atomic E-state index is 0.0211. The van der Waals surface area contributed by atoms with Crippen molar-refractivity contribution in [1.29, 1.82) is 0 Å². The Morgan fingerprint density at radius 1 is 1.33 bits per heavy atom. The fraction of sp³-hybridized carbons (Fsp3) is 0.100. The molecule has 0 bridgehead atoms. The molecule has 0 saturated heterocycles. The second-order valence-electron chi connectivity index (χ2n) is 2.92. The molecule has 0 saturated carbocycles. The van der Waals surface area contributed by atoms with Gasteiger partial charge < -0.3 is 20.4 Å². The number of phenolic OH excluding ortho intramolecular Hbond substituents is 3. The molecule has 0 aliphatic rings. The van der Waals surface area contributed by atoms with E-state index in [1.54, 1.807) is 0 Å². The smallest absolute Gasteiger partial charge is 0.336 e. The number of aromatic carboxylic acids is 1. The first-order valence-electron chi connectivity index (χ1n) is 4.10. The number of rotatable bonds is 3. The SMILES string of the molecule is C=CCc1c(C(=O)O)cc(O)c(O)c1O. The minimum atomic E-state index is -1.29. The third-order valence-corrected chi connectivity index (χ3v) is 1.94. The van der Waals surface area contributed by atoms with Gasteiger partial charge in [0.05, 0.1) is 5.56 Å². The van der Waals surface area contributed by atoms with Crippen molar-refractivity contribution in [3.8, 4) is 17.2 Å². The Morgan fingerprint density at radius 2 is 1.93 bits per heavy atom. The van der Waals surface area contributed by atoms with Gasteiger partial charge in [0, 0.05) is 5.56 Å². The lowest BCUT2D eigenvalue weighted by molar-refractivity contribution is 0.0694. The van der Waals surface area contributed by atoms with E-state index in [1.165, 1.54) is 6.08 Å². The van der Waals surface area contributed by atoms with Gasteiger partial charge in [0.15, 0.2) is 11.5 Å². The third-order valence-electron chi connectivity index (χ3n) is 1.94. The maximum Gasteiger partial charge on any atom is 0.336 e. The molecule has 0 fully saturated rings. The van der Waals surface area contributed by atoms with Gasteiger partial charge >= 0.3 is 5.97 Å². The van der Waals surface area contributed by atoms with E-state index in [0.717, 1.165) is 6.07 Å². The van der Waals surface area contributed by atoms with Gasteiger partial charge in [-0.05, 0) is 12.5 Å². The Bertz CT molecular complexity index is 422. The highest BCUT2D eigenvalue weighted by Gasteiger charge is 2.19. The zero-order valence-corrected chi connectivity index (χ0v) is 7.77. The number of benzene rings is 1. The number of aromatic hydroxyl groups is 3. The van der Waals surface area contributed by atoms with Gasteiger partial charge in [0.1, 0.15) is 0 Å². The van der Waals surface area contributed by atoms with Gasteiger partial charge in [-0.3, -0.25) is 0 Å². The van der Waals surface area contributed by atoms with Crippen molar-refractivity contribution in [1.82, 2.24) is 0 Å². The van der Waals surface area contributed by atoms with Crippen LogP contribution in [-0.2, 0) is 6.42 Å². The van der Waals surface area contributed by atoms with Gasteiger partial charge in [0.25, 0.3) is 0 Å². The molecule has 4 N–H and O–H groups in total. The molecular weight excluding hydrogens is 200 g/mol. The Balaban J connectivity index is 3.49. The quantitative estimate of drug-likeness (QED) is 0.444. The molecule has 5 nitrogen and oxygen atoms in total. The number of hydrogen-bond acceptors (Lipinski definition) is 4. The Labute approximate surface area is 85.5 Å². The molecule has 0 spiro atoms. The Kier molecular flexibility index (Phi) is 2.85. The van der Waals surface area contributed by atoms with E-state index in [1.807, 2.05) is 0 Å². The fourth-order valence-corrected chi connectivity index (χ4v) is 1.23. The van der Waals surface area contributed by atoms with E-state index in [4.69, 9.17) is 10.2 Å². The van der Waals surface area contributed by atoms with Crippen LogP contribution < -0.4 is 0 Å². The molecule has 0 aliphatic heterocycles. The summed E-state index contributed by atoms with van der Waals surface area (Å²) in [4.78, 5) is 10.8. The molecule has 1 aromatic rings. The number of phenols is 3. The summed E-state index contributed by atoms with van der Waals surface area (Å²) in [5.74, 6) is -3.32. The van der Waals surface area contributed by atoms with Crippen molar-refractivity contribution in [2.24, 2.45) is 0 Å². The monoisotopic (exact) mass is 210 g/mol. The predicted octanol–water partition coefficient (Wildman–Crippen LogP) is 1.23. The topological polar surface area (TPSA) is 98.0 Å². The molecule has 0 amide bonds. The van der Waals surface area contributed by atoms with Crippen molar-refractivity contribution in [3.63, 3.8) is 0 Å². The maximum atomic E-state index is 10.8. The van der Waals surface area contributed by atoms with Crippen molar-refractivity contribution < 1.29 is 25.2 Å². The number of carbonyl (C=O) groups is 1. The normalized spacial score (nSPS) is 9.87. The van der Waals surface area contributed by atoms with Crippen LogP contribution in [-0.4, -0.2) is 26.4 Å². The van der Waals surface area contributed by atoms with E-state index in [2.05, 4.69) is 6.58 Å². The van der Waals surface area contributed by atoms with Gasteiger partial charge in [-0.15, -0.1) is 6.58 Å². The summed E-state index contributed by atoms with van der Waals surface area (Å²) in [5, 5.41) is 36.5. The molecule has 0 radical (unpaired) electrons. The lowest BCUT2D eigenvalue weighted by Crippen LogP contribution is -2.02. The highest BCUT2D eigenvalue weighted by atomic mass is 16.4. The van der Waals surface area contributed by atoms with Crippen LogP contribution in [0.5, 0.6) is 17.2 Å². The molecule has 15 heavy (non-hydrogen) atoms. The average molecular weight is 210 g/mol. The van der Waals surface area contributed by atoms with Crippen LogP contribution in [0.25, 0.3) is 0 Å². The van der Waals surface area contributed by atoms with E-state index in [0.29, 0.717) is 0 Å². The third kappa shape index (κ3) is 1.85. The maximum absolute atomic E-state index is 10.8. The first-order valence-corrected chi connectivity index (χ1v) is 4.10. The summed E-state index contributed by atoms with van der Waals surface area (Å²) in [6, 6.07) is 0.885. The van der Waals surface area contributed by atoms with Crippen LogP contribution >= 0.6 is 0 Å². The van der Waals surface area contributed by atoms with E-state index in [-0.39, 0.29) is 17.5 Å². The van der Waals surface area contributed by atoms with Crippen LogP contribution in [0.2, 0.25) is 0 Å². The van der Waals surface area contributed by atoms with Crippen molar-refractivity contribution in [2.75, 3.05) is 0 Å². The lowest BCUT2D eigenvalue weighted by atomic mass is 10.0. The molecule has 0 aromatic heterocycles. The number of allylic oxidation sites excluding steroid dienone is 1. The second-order valence-corrected chi connectivity index (χ2v) is 2.92. The van der Waals surface area contributed by atoms with Crippen molar-refractivity contribution >= 4 is 5.97 Å². The number of carboxylic acids is 1. The largest absolute Gasteiger partial charge is 0.504 e. The predicted molar refractivity (Wildman–Crippen MR) is 52.3 cm³/mol. The zero-order chi connectivity index (χ0) is 11.6. The van der Waals surface area contributed by atoms with Crippen molar-refractivity contribution in [2.45, 2.75) is 6.42 Å². The molecule has 5 heteroatoms. The summed E-state index contributed by atoms with van der Waals surface area (Å²) < 4.78 is 0. The average Bonchev–Trinajstić information content (AvgIpc) is 2.18. The Morgan fingerprint density at radius 3 is 2.40 bits per heavy atom. The minimum Gasteiger partial charge on any atom is -0.504 e. The van der Waals surface area contributed by atoms with Gasteiger partial charge in [-0.2, -0.15) is 0 Å². The van der Waals surface area contributed by atoms with Crippen molar-refractivity contribution in [3.05, 3.63) is 29.8 Å². The number of hydrogen-bond donors (Lipinski definition) is 4. The molecule has 80 valence electrons.